The summed E-state index contributed by atoms with van der Waals surface area (Å²) in [6, 6.07) is 1.70. The van der Waals surface area contributed by atoms with Crippen molar-refractivity contribution in [1.82, 2.24) is 4.98 Å². The first-order valence-electron chi connectivity index (χ1n) is 4.23. The minimum atomic E-state index is 0.401. The topological polar surface area (TPSA) is 66.6 Å². The Morgan fingerprint density at radius 2 is 2.14 bits per heavy atom. The standard InChI is InChI=1S/C9H14N2O3/c1-12-7-3-5-11-9(13-2)8(7)14-6-4-10/h3,5H,4,6,10H2,1-2H3. The summed E-state index contributed by atoms with van der Waals surface area (Å²) in [7, 11) is 3.08. The third-order valence-electron chi connectivity index (χ3n) is 1.61. The molecule has 1 heterocycles. The van der Waals surface area contributed by atoms with Gasteiger partial charge in [0.05, 0.1) is 14.2 Å². The molecule has 0 saturated heterocycles. The highest BCUT2D eigenvalue weighted by atomic mass is 16.5. The molecule has 0 aliphatic heterocycles. The van der Waals surface area contributed by atoms with E-state index in [9.17, 15) is 0 Å². The maximum absolute atomic E-state index is 5.36. The maximum Gasteiger partial charge on any atom is 0.260 e. The lowest BCUT2D eigenvalue weighted by Gasteiger charge is -2.11. The highest BCUT2D eigenvalue weighted by Crippen LogP contribution is 2.34. The molecule has 0 unspecified atom stereocenters. The SMILES string of the molecule is COc1ccnc(OC)c1OCCN. The summed E-state index contributed by atoms with van der Waals surface area (Å²) in [5, 5.41) is 0. The molecule has 14 heavy (non-hydrogen) atoms. The summed E-state index contributed by atoms with van der Waals surface area (Å²) in [4.78, 5) is 3.99. The van der Waals surface area contributed by atoms with E-state index in [2.05, 4.69) is 4.98 Å². The van der Waals surface area contributed by atoms with Gasteiger partial charge in [-0.25, -0.2) is 4.98 Å². The van der Waals surface area contributed by atoms with Gasteiger partial charge in [-0.1, -0.05) is 0 Å². The summed E-state index contributed by atoms with van der Waals surface area (Å²) in [5.74, 6) is 1.48. The highest BCUT2D eigenvalue weighted by Gasteiger charge is 2.11. The smallest absolute Gasteiger partial charge is 0.260 e. The molecule has 0 aliphatic rings. The molecule has 0 amide bonds. The Balaban J connectivity index is 2.93. The van der Waals surface area contributed by atoms with E-state index in [0.717, 1.165) is 0 Å². The number of rotatable bonds is 5. The molecule has 0 saturated carbocycles. The minimum absolute atomic E-state index is 0.401. The number of hydrogen-bond donors (Lipinski definition) is 1. The Hall–Kier alpha value is -1.49. The van der Waals surface area contributed by atoms with Gasteiger partial charge in [0.1, 0.15) is 6.61 Å². The van der Waals surface area contributed by atoms with Gasteiger partial charge in [0.2, 0.25) is 5.75 Å². The largest absolute Gasteiger partial charge is 0.493 e. The first-order valence-corrected chi connectivity index (χ1v) is 4.23. The van der Waals surface area contributed by atoms with Crippen LogP contribution in [-0.4, -0.2) is 32.4 Å². The molecule has 1 aromatic rings. The first kappa shape index (κ1) is 10.6. The van der Waals surface area contributed by atoms with Crippen LogP contribution in [0.5, 0.6) is 17.4 Å². The zero-order chi connectivity index (χ0) is 10.4. The van der Waals surface area contributed by atoms with Crippen LogP contribution in [0.25, 0.3) is 0 Å². The molecule has 0 atom stereocenters. The molecular formula is C9H14N2O3. The molecule has 5 heteroatoms. The molecule has 78 valence electrons. The number of aromatic nitrogens is 1. The lowest BCUT2D eigenvalue weighted by molar-refractivity contribution is 0.276. The molecule has 0 spiro atoms. The van der Waals surface area contributed by atoms with Gasteiger partial charge in [-0.3, -0.25) is 0 Å². The average Bonchev–Trinajstić information content (AvgIpc) is 2.25. The highest BCUT2D eigenvalue weighted by molar-refractivity contribution is 5.46. The number of nitrogens with zero attached hydrogens (tertiary/aromatic N) is 1. The lowest BCUT2D eigenvalue weighted by atomic mass is 10.4. The molecule has 0 aromatic carbocycles. The van der Waals surface area contributed by atoms with E-state index in [1.165, 1.54) is 7.11 Å². The summed E-state index contributed by atoms with van der Waals surface area (Å²) >= 11 is 0. The van der Waals surface area contributed by atoms with Crippen LogP contribution < -0.4 is 19.9 Å². The van der Waals surface area contributed by atoms with Crippen LogP contribution in [0, 0.1) is 0 Å². The summed E-state index contributed by atoms with van der Waals surface area (Å²) in [6.07, 6.45) is 1.59. The van der Waals surface area contributed by atoms with E-state index in [-0.39, 0.29) is 0 Å². The van der Waals surface area contributed by atoms with Gasteiger partial charge in [-0.05, 0) is 0 Å². The second-order valence-corrected chi connectivity index (χ2v) is 2.49. The van der Waals surface area contributed by atoms with Crippen LogP contribution >= 0.6 is 0 Å². The predicted molar refractivity (Wildman–Crippen MR) is 51.9 cm³/mol. The summed E-state index contributed by atoms with van der Waals surface area (Å²) < 4.78 is 15.5. The van der Waals surface area contributed by atoms with Crippen molar-refractivity contribution in [1.29, 1.82) is 0 Å². The minimum Gasteiger partial charge on any atom is -0.493 e. The van der Waals surface area contributed by atoms with E-state index >= 15 is 0 Å². The molecule has 1 aromatic heterocycles. The first-order chi connectivity index (χ1) is 6.83. The van der Waals surface area contributed by atoms with E-state index in [4.69, 9.17) is 19.9 Å². The number of ether oxygens (including phenoxy) is 3. The Labute approximate surface area is 82.8 Å². The Bertz CT molecular complexity index is 269. The van der Waals surface area contributed by atoms with E-state index in [1.807, 2.05) is 0 Å². The second kappa shape index (κ2) is 5.29. The Kier molecular flexibility index (Phi) is 4.00. The molecular weight excluding hydrogens is 184 g/mol. The quantitative estimate of drug-likeness (QED) is 0.743. The molecule has 0 radical (unpaired) electrons. The van der Waals surface area contributed by atoms with Crippen LogP contribution in [0.2, 0.25) is 0 Å². The van der Waals surface area contributed by atoms with Crippen molar-refractivity contribution in [3.8, 4) is 17.4 Å². The number of methoxy groups -OCH3 is 2. The van der Waals surface area contributed by atoms with Crippen molar-refractivity contribution < 1.29 is 14.2 Å². The summed E-state index contributed by atoms with van der Waals surface area (Å²) in [6.45, 7) is 0.833. The van der Waals surface area contributed by atoms with Gasteiger partial charge < -0.3 is 19.9 Å². The Morgan fingerprint density at radius 1 is 1.36 bits per heavy atom. The van der Waals surface area contributed by atoms with E-state index < -0.39 is 0 Å². The normalized spacial score (nSPS) is 9.64. The maximum atomic E-state index is 5.36. The molecule has 1 rings (SSSR count). The molecule has 2 N–H and O–H groups in total. The zero-order valence-electron chi connectivity index (χ0n) is 8.32. The van der Waals surface area contributed by atoms with Crippen molar-refractivity contribution in [2.75, 3.05) is 27.4 Å². The zero-order valence-corrected chi connectivity index (χ0v) is 8.32. The number of hydrogen-bond acceptors (Lipinski definition) is 5. The monoisotopic (exact) mass is 198 g/mol. The van der Waals surface area contributed by atoms with Crippen molar-refractivity contribution >= 4 is 0 Å². The fraction of sp³-hybridized carbons (Fsp3) is 0.444. The van der Waals surface area contributed by atoms with E-state index in [1.54, 1.807) is 19.4 Å². The van der Waals surface area contributed by atoms with Crippen LogP contribution in [0.15, 0.2) is 12.3 Å². The van der Waals surface area contributed by atoms with Crippen LogP contribution in [0.3, 0.4) is 0 Å². The molecule has 5 nitrogen and oxygen atoms in total. The fourth-order valence-electron chi connectivity index (χ4n) is 1.01. The van der Waals surface area contributed by atoms with E-state index in [0.29, 0.717) is 30.5 Å². The van der Waals surface area contributed by atoms with Gasteiger partial charge in [0, 0.05) is 18.8 Å². The average molecular weight is 198 g/mol. The second-order valence-electron chi connectivity index (χ2n) is 2.49. The van der Waals surface area contributed by atoms with Crippen LogP contribution in [0.4, 0.5) is 0 Å². The lowest BCUT2D eigenvalue weighted by Crippen LogP contribution is -2.12. The van der Waals surface area contributed by atoms with Gasteiger partial charge >= 0.3 is 0 Å². The summed E-state index contributed by atoms with van der Waals surface area (Å²) in [5.41, 5.74) is 5.33. The van der Waals surface area contributed by atoms with Crippen molar-refractivity contribution in [3.63, 3.8) is 0 Å². The predicted octanol–water partition coefficient (Wildman–Crippen LogP) is 0.436. The van der Waals surface area contributed by atoms with Crippen LogP contribution in [0.1, 0.15) is 0 Å². The molecule has 0 fully saturated rings. The number of pyridine rings is 1. The number of nitrogens with two attached hydrogens (primary N) is 1. The van der Waals surface area contributed by atoms with Gasteiger partial charge in [0.15, 0.2) is 5.75 Å². The molecule has 0 bridgehead atoms. The van der Waals surface area contributed by atoms with Gasteiger partial charge in [0.25, 0.3) is 5.88 Å². The molecule has 0 aliphatic carbocycles. The van der Waals surface area contributed by atoms with Gasteiger partial charge in [-0.2, -0.15) is 0 Å². The van der Waals surface area contributed by atoms with Crippen molar-refractivity contribution in [2.45, 2.75) is 0 Å². The van der Waals surface area contributed by atoms with Crippen molar-refractivity contribution in [2.24, 2.45) is 5.73 Å². The Morgan fingerprint density at radius 3 is 2.71 bits per heavy atom. The third-order valence-corrected chi connectivity index (χ3v) is 1.61. The fourth-order valence-corrected chi connectivity index (χ4v) is 1.01. The van der Waals surface area contributed by atoms with Crippen LogP contribution in [-0.2, 0) is 0 Å². The third kappa shape index (κ3) is 2.26. The van der Waals surface area contributed by atoms with Gasteiger partial charge in [-0.15, -0.1) is 0 Å². The van der Waals surface area contributed by atoms with Crippen molar-refractivity contribution in [3.05, 3.63) is 12.3 Å².